The summed E-state index contributed by atoms with van der Waals surface area (Å²) in [6, 6.07) is 21.5. The third-order valence-electron chi connectivity index (χ3n) is 5.99. The van der Waals surface area contributed by atoms with Crippen molar-refractivity contribution < 1.29 is 17.9 Å². The number of amides is 1. The Morgan fingerprint density at radius 1 is 1.03 bits per heavy atom. The summed E-state index contributed by atoms with van der Waals surface area (Å²) < 4.78 is 35.1. The van der Waals surface area contributed by atoms with Gasteiger partial charge in [-0.3, -0.25) is 9.10 Å². The van der Waals surface area contributed by atoms with Crippen LogP contribution in [0.3, 0.4) is 0 Å². The summed E-state index contributed by atoms with van der Waals surface area (Å²) in [5.74, 6) is -0.0943. The van der Waals surface area contributed by atoms with E-state index in [-0.39, 0.29) is 4.90 Å². The van der Waals surface area contributed by atoms with Crippen LogP contribution in [0.25, 0.3) is 5.69 Å². The number of aryl methyl sites for hydroxylation is 1. The van der Waals surface area contributed by atoms with E-state index in [0.29, 0.717) is 21.5 Å². The van der Waals surface area contributed by atoms with Gasteiger partial charge in [-0.15, -0.1) is 0 Å². The number of hydrazone groups is 1. The number of rotatable bonds is 9. The third kappa shape index (κ3) is 6.27. The summed E-state index contributed by atoms with van der Waals surface area (Å²) in [6.45, 7) is 3.33. The number of benzene rings is 3. The predicted molar refractivity (Wildman–Crippen MR) is 155 cm³/mol. The molecule has 8 nitrogen and oxygen atoms in total. The van der Waals surface area contributed by atoms with Crippen LogP contribution in [0.5, 0.6) is 5.75 Å². The van der Waals surface area contributed by atoms with Gasteiger partial charge in [0.25, 0.3) is 15.9 Å². The van der Waals surface area contributed by atoms with Crippen molar-refractivity contribution in [3.63, 3.8) is 0 Å². The molecular weight excluding hydrogens is 559 g/mol. The molecule has 0 saturated carbocycles. The van der Waals surface area contributed by atoms with Crippen molar-refractivity contribution in [3.8, 4) is 11.4 Å². The number of anilines is 1. The van der Waals surface area contributed by atoms with Crippen molar-refractivity contribution in [2.24, 2.45) is 5.10 Å². The second-order valence-corrected chi connectivity index (χ2v) is 11.3. The molecule has 0 saturated heterocycles. The number of sulfonamides is 1. The fourth-order valence-corrected chi connectivity index (χ4v) is 5.86. The zero-order valence-corrected chi connectivity index (χ0v) is 23.8. The lowest BCUT2D eigenvalue weighted by molar-refractivity contribution is -0.119. The number of halogens is 2. The van der Waals surface area contributed by atoms with Gasteiger partial charge in [-0.2, -0.15) is 5.10 Å². The molecule has 0 spiro atoms. The van der Waals surface area contributed by atoms with Crippen molar-refractivity contribution in [3.05, 3.63) is 106 Å². The van der Waals surface area contributed by atoms with E-state index < -0.39 is 22.5 Å². The molecule has 4 aromatic rings. The van der Waals surface area contributed by atoms with Crippen molar-refractivity contribution >= 4 is 51.0 Å². The highest BCUT2D eigenvalue weighted by Crippen LogP contribution is 2.29. The number of para-hydroxylation sites is 1. The first kappa shape index (κ1) is 28.2. The monoisotopic (exact) mass is 584 g/mol. The van der Waals surface area contributed by atoms with Gasteiger partial charge in [-0.1, -0.05) is 41.4 Å². The second-order valence-electron chi connectivity index (χ2n) is 8.57. The molecule has 0 unspecified atom stereocenters. The quantitative estimate of drug-likeness (QED) is 0.200. The Morgan fingerprint density at radius 2 is 1.72 bits per heavy atom. The summed E-state index contributed by atoms with van der Waals surface area (Å²) in [6.07, 6.45) is 1.50. The number of methoxy groups -OCH3 is 1. The molecule has 0 radical (unpaired) electrons. The zero-order chi connectivity index (χ0) is 28.2. The fraction of sp³-hybridized carbons (Fsp3) is 0.143. The Balaban J connectivity index is 1.55. The van der Waals surface area contributed by atoms with Crippen molar-refractivity contribution in [2.45, 2.75) is 18.7 Å². The maximum Gasteiger partial charge on any atom is 0.264 e. The van der Waals surface area contributed by atoms with Crippen molar-refractivity contribution in [2.75, 3.05) is 18.0 Å². The minimum absolute atomic E-state index is 0.0237. The number of hydrogen-bond acceptors (Lipinski definition) is 5. The standard InChI is InChI=1S/C28H26Cl2N4O4S/c1-19-15-21(20(2)34(19)27-16-22(29)9-14-26(27)30)17-31-32-28(35)18-33(23-7-5-4-6-8-23)39(36,37)25-12-10-24(38-3)11-13-25/h4-17H,18H2,1-3H3,(H,32,35)/b31-17-. The Hall–Kier alpha value is -3.79. The SMILES string of the molecule is COc1ccc(S(=O)(=O)N(CC(=O)N/N=C\c2cc(C)n(-c3cc(Cl)ccc3Cl)c2C)c2ccccc2)cc1. The molecule has 1 amide bonds. The number of nitrogens with one attached hydrogen (secondary N) is 1. The van der Waals surface area contributed by atoms with Gasteiger partial charge in [-0.05, 0) is 74.5 Å². The average Bonchev–Trinajstić information content (AvgIpc) is 3.21. The van der Waals surface area contributed by atoms with Gasteiger partial charge in [-0.25, -0.2) is 13.8 Å². The molecule has 0 aliphatic rings. The van der Waals surface area contributed by atoms with Crippen LogP contribution in [0, 0.1) is 13.8 Å². The number of hydrogen-bond donors (Lipinski definition) is 1. The number of carbonyl (C=O) groups is 1. The summed E-state index contributed by atoms with van der Waals surface area (Å²) in [4.78, 5) is 12.9. The Morgan fingerprint density at radius 3 is 2.38 bits per heavy atom. The summed E-state index contributed by atoms with van der Waals surface area (Å²) in [7, 11) is -2.57. The van der Waals surface area contributed by atoms with E-state index in [2.05, 4.69) is 10.5 Å². The van der Waals surface area contributed by atoms with Gasteiger partial charge in [0, 0.05) is 22.0 Å². The normalized spacial score (nSPS) is 11.5. The first-order valence-corrected chi connectivity index (χ1v) is 14.0. The Labute approximate surface area is 237 Å². The smallest absolute Gasteiger partial charge is 0.264 e. The van der Waals surface area contributed by atoms with Crippen LogP contribution in [0.15, 0.2) is 88.9 Å². The second kappa shape index (κ2) is 11.9. The molecule has 11 heteroatoms. The molecule has 0 fully saturated rings. The van der Waals surface area contributed by atoms with Crippen LogP contribution in [-0.2, 0) is 14.8 Å². The molecule has 0 aliphatic carbocycles. The van der Waals surface area contributed by atoms with Gasteiger partial charge in [0.1, 0.15) is 12.3 Å². The van der Waals surface area contributed by atoms with Gasteiger partial charge in [0.2, 0.25) is 0 Å². The molecule has 202 valence electrons. The number of carbonyl (C=O) groups excluding carboxylic acids is 1. The van der Waals surface area contributed by atoms with E-state index in [1.54, 1.807) is 60.7 Å². The summed E-state index contributed by atoms with van der Waals surface area (Å²) in [5.41, 5.74) is 5.98. The third-order valence-corrected chi connectivity index (χ3v) is 8.33. The van der Waals surface area contributed by atoms with E-state index in [1.165, 1.54) is 25.5 Å². The summed E-state index contributed by atoms with van der Waals surface area (Å²) >= 11 is 12.6. The van der Waals surface area contributed by atoms with Crippen molar-refractivity contribution in [1.82, 2.24) is 9.99 Å². The van der Waals surface area contributed by atoms with Crippen LogP contribution in [0.2, 0.25) is 10.0 Å². The van der Waals surface area contributed by atoms with Crippen LogP contribution in [0.4, 0.5) is 5.69 Å². The average molecular weight is 586 g/mol. The van der Waals surface area contributed by atoms with Crippen LogP contribution >= 0.6 is 23.2 Å². The lowest BCUT2D eigenvalue weighted by Gasteiger charge is -2.23. The summed E-state index contributed by atoms with van der Waals surface area (Å²) in [5, 5.41) is 5.17. The van der Waals surface area contributed by atoms with Crippen molar-refractivity contribution in [1.29, 1.82) is 0 Å². The largest absolute Gasteiger partial charge is 0.497 e. The van der Waals surface area contributed by atoms with Gasteiger partial charge < -0.3 is 9.30 Å². The fourth-order valence-electron chi connectivity index (χ4n) is 4.07. The highest BCUT2D eigenvalue weighted by Gasteiger charge is 2.27. The molecule has 3 aromatic carbocycles. The first-order valence-electron chi connectivity index (χ1n) is 11.8. The molecule has 0 bridgehead atoms. The minimum atomic E-state index is -4.06. The zero-order valence-electron chi connectivity index (χ0n) is 21.4. The molecule has 39 heavy (non-hydrogen) atoms. The van der Waals surface area contributed by atoms with E-state index in [0.717, 1.165) is 26.9 Å². The topological polar surface area (TPSA) is 93.0 Å². The lowest BCUT2D eigenvalue weighted by Crippen LogP contribution is -2.39. The maximum absolute atomic E-state index is 13.5. The maximum atomic E-state index is 13.5. The van der Waals surface area contributed by atoms with Gasteiger partial charge in [0.05, 0.1) is 34.6 Å². The van der Waals surface area contributed by atoms with Gasteiger partial charge in [0.15, 0.2) is 0 Å². The minimum Gasteiger partial charge on any atom is -0.497 e. The van der Waals surface area contributed by atoms with E-state index in [9.17, 15) is 13.2 Å². The molecule has 4 rings (SSSR count). The predicted octanol–water partition coefficient (Wildman–Crippen LogP) is 5.76. The lowest BCUT2D eigenvalue weighted by atomic mass is 10.2. The molecule has 0 aliphatic heterocycles. The van der Waals surface area contributed by atoms with Crippen LogP contribution in [-0.4, -0.2) is 38.8 Å². The van der Waals surface area contributed by atoms with E-state index >= 15 is 0 Å². The highest BCUT2D eigenvalue weighted by atomic mass is 35.5. The number of ether oxygens (including phenoxy) is 1. The molecule has 1 N–H and O–H groups in total. The van der Waals surface area contributed by atoms with Crippen LogP contribution in [0.1, 0.15) is 17.0 Å². The number of nitrogens with zero attached hydrogens (tertiary/aromatic N) is 3. The molecule has 1 aromatic heterocycles. The van der Waals surface area contributed by atoms with Gasteiger partial charge >= 0.3 is 0 Å². The molecule has 1 heterocycles. The highest BCUT2D eigenvalue weighted by molar-refractivity contribution is 7.92. The van der Waals surface area contributed by atoms with E-state index in [4.69, 9.17) is 27.9 Å². The van der Waals surface area contributed by atoms with E-state index in [1.807, 2.05) is 24.5 Å². The molecular formula is C28H26Cl2N4O4S. The molecule has 0 atom stereocenters. The number of aromatic nitrogens is 1. The van der Waals surface area contributed by atoms with Crippen LogP contribution < -0.4 is 14.5 Å². The Kier molecular flexibility index (Phi) is 8.64. The first-order chi connectivity index (χ1) is 18.6. The Bertz CT molecular complexity index is 1620.